The molecule has 1 aromatic carbocycles. The third-order valence-electron chi connectivity index (χ3n) is 3.47. The van der Waals surface area contributed by atoms with E-state index in [1.807, 2.05) is 6.07 Å². The zero-order valence-electron chi connectivity index (χ0n) is 13.8. The highest BCUT2D eigenvalue weighted by Gasteiger charge is 2.21. The lowest BCUT2D eigenvalue weighted by molar-refractivity contribution is 0.116. The van der Waals surface area contributed by atoms with Crippen molar-refractivity contribution in [3.8, 4) is 11.5 Å². The molecular formula is C16H13BrF2N4O3S. The van der Waals surface area contributed by atoms with Crippen LogP contribution in [0.25, 0.3) is 11.5 Å². The van der Waals surface area contributed by atoms with Gasteiger partial charge in [0.05, 0.1) is 23.6 Å². The molecule has 0 aliphatic heterocycles. The number of hydrogen-bond donors (Lipinski definition) is 1. The van der Waals surface area contributed by atoms with Crippen LogP contribution in [0.1, 0.15) is 29.6 Å². The minimum Gasteiger partial charge on any atom is -0.415 e. The number of sulfonamides is 1. The Hall–Kier alpha value is -2.24. The van der Waals surface area contributed by atoms with Crippen molar-refractivity contribution in [2.45, 2.75) is 12.5 Å². The van der Waals surface area contributed by atoms with Gasteiger partial charge in [-0.25, -0.2) is 13.1 Å². The maximum atomic E-state index is 12.6. The Kier molecular flexibility index (Phi) is 5.63. The van der Waals surface area contributed by atoms with Crippen molar-refractivity contribution in [2.24, 2.45) is 0 Å². The van der Waals surface area contributed by atoms with E-state index < -0.39 is 28.4 Å². The van der Waals surface area contributed by atoms with Gasteiger partial charge in [-0.05, 0) is 29.8 Å². The highest BCUT2D eigenvalue weighted by molar-refractivity contribution is 9.10. The van der Waals surface area contributed by atoms with Crippen molar-refractivity contribution in [2.75, 3.05) is 6.26 Å². The fraction of sp³-hybridized carbons (Fsp3) is 0.188. The minimum atomic E-state index is -3.53. The monoisotopic (exact) mass is 458 g/mol. The Morgan fingerprint density at radius 3 is 2.52 bits per heavy atom. The number of nitrogens with zero attached hydrogens (tertiary/aromatic N) is 3. The van der Waals surface area contributed by atoms with Crippen molar-refractivity contribution >= 4 is 26.0 Å². The average Bonchev–Trinajstić information content (AvgIpc) is 3.09. The van der Waals surface area contributed by atoms with Gasteiger partial charge in [0, 0.05) is 10.7 Å². The first-order valence-electron chi connectivity index (χ1n) is 7.53. The fourth-order valence-corrected chi connectivity index (χ4v) is 3.44. The van der Waals surface area contributed by atoms with Gasteiger partial charge in [0.2, 0.25) is 15.9 Å². The molecule has 2 aromatic heterocycles. The van der Waals surface area contributed by atoms with Crippen molar-refractivity contribution in [3.63, 3.8) is 0 Å². The van der Waals surface area contributed by atoms with Gasteiger partial charge in [-0.3, -0.25) is 4.98 Å². The largest absolute Gasteiger partial charge is 0.415 e. The number of halogens is 3. The summed E-state index contributed by atoms with van der Waals surface area (Å²) in [7, 11) is -3.53. The summed E-state index contributed by atoms with van der Waals surface area (Å²) in [5.41, 5.74) is 1.43. The van der Waals surface area contributed by atoms with E-state index in [-0.39, 0.29) is 5.89 Å². The number of rotatable bonds is 6. The van der Waals surface area contributed by atoms with E-state index in [0.29, 0.717) is 16.8 Å². The van der Waals surface area contributed by atoms with E-state index in [1.165, 1.54) is 6.20 Å². The second kappa shape index (κ2) is 7.79. The summed E-state index contributed by atoms with van der Waals surface area (Å²) in [4.78, 5) is 4.24. The summed E-state index contributed by atoms with van der Waals surface area (Å²) in [5, 5.41) is 6.82. The summed E-state index contributed by atoms with van der Waals surface area (Å²) >= 11 is 3.35. The maximum Gasteiger partial charge on any atom is 0.314 e. The first kappa shape index (κ1) is 19.5. The summed E-state index contributed by atoms with van der Waals surface area (Å²) < 4.78 is 56.9. The molecular weight excluding hydrogens is 446 g/mol. The standard InChI is InChI=1S/C16H13BrF2N4O3S/c1-27(24,25)23-13(9-3-2-4-11(17)7-9)12-6-5-10(8-20-12)15-21-22-16(26-15)14(18)19/h2-8,13-14,23H,1H3. The molecule has 3 aromatic rings. The van der Waals surface area contributed by atoms with Crippen LogP contribution < -0.4 is 4.72 Å². The van der Waals surface area contributed by atoms with E-state index in [9.17, 15) is 17.2 Å². The van der Waals surface area contributed by atoms with Gasteiger partial charge in [0.15, 0.2) is 0 Å². The number of nitrogens with one attached hydrogen (secondary N) is 1. The normalized spacial score (nSPS) is 13.1. The van der Waals surface area contributed by atoms with Gasteiger partial charge in [0.25, 0.3) is 5.89 Å². The topological polar surface area (TPSA) is 98.0 Å². The van der Waals surface area contributed by atoms with Gasteiger partial charge >= 0.3 is 6.43 Å². The summed E-state index contributed by atoms with van der Waals surface area (Å²) in [6, 6.07) is 9.49. The van der Waals surface area contributed by atoms with Crippen LogP contribution in [-0.2, 0) is 10.0 Å². The average molecular weight is 459 g/mol. The quantitative estimate of drug-likeness (QED) is 0.607. The third-order valence-corrected chi connectivity index (χ3v) is 4.63. The molecule has 0 aliphatic rings. The molecule has 0 saturated heterocycles. The molecule has 0 saturated carbocycles. The van der Waals surface area contributed by atoms with Crippen molar-refractivity contribution in [3.05, 3.63) is 64.2 Å². The second-order valence-electron chi connectivity index (χ2n) is 5.60. The van der Waals surface area contributed by atoms with Crippen molar-refractivity contribution in [1.29, 1.82) is 0 Å². The van der Waals surface area contributed by atoms with Crippen LogP contribution in [0.15, 0.2) is 51.5 Å². The fourth-order valence-electron chi connectivity index (χ4n) is 2.34. The van der Waals surface area contributed by atoms with Crippen LogP contribution in [-0.4, -0.2) is 29.9 Å². The highest BCUT2D eigenvalue weighted by atomic mass is 79.9. The number of aromatic nitrogens is 3. The Balaban J connectivity index is 1.95. The maximum absolute atomic E-state index is 12.6. The molecule has 11 heteroatoms. The van der Waals surface area contributed by atoms with Crippen LogP contribution in [0.5, 0.6) is 0 Å². The Morgan fingerprint density at radius 2 is 1.96 bits per heavy atom. The molecule has 3 rings (SSSR count). The van der Waals surface area contributed by atoms with Crippen LogP contribution in [0.4, 0.5) is 8.78 Å². The molecule has 7 nitrogen and oxygen atoms in total. The first-order chi connectivity index (χ1) is 12.7. The van der Waals surface area contributed by atoms with E-state index >= 15 is 0 Å². The first-order valence-corrected chi connectivity index (χ1v) is 10.2. The Labute approximate surface area is 162 Å². The molecule has 0 bridgehead atoms. The second-order valence-corrected chi connectivity index (χ2v) is 8.29. The Bertz CT molecular complexity index is 1040. The summed E-state index contributed by atoms with van der Waals surface area (Å²) in [5.74, 6) is -0.876. The molecule has 1 atom stereocenters. The molecule has 142 valence electrons. The molecule has 27 heavy (non-hydrogen) atoms. The van der Waals surface area contributed by atoms with Gasteiger partial charge < -0.3 is 4.42 Å². The van der Waals surface area contributed by atoms with E-state index in [2.05, 4.69) is 35.8 Å². The van der Waals surface area contributed by atoms with Gasteiger partial charge in [-0.1, -0.05) is 28.1 Å². The summed E-state index contributed by atoms with van der Waals surface area (Å²) in [6.45, 7) is 0. The van der Waals surface area contributed by atoms with Gasteiger partial charge in [-0.2, -0.15) is 8.78 Å². The predicted molar refractivity (Wildman–Crippen MR) is 96.5 cm³/mol. The predicted octanol–water partition coefficient (Wildman–Crippen LogP) is 3.47. The molecule has 0 radical (unpaired) electrons. The molecule has 0 aliphatic carbocycles. The number of pyridine rings is 1. The van der Waals surface area contributed by atoms with Gasteiger partial charge in [0.1, 0.15) is 0 Å². The van der Waals surface area contributed by atoms with Crippen LogP contribution >= 0.6 is 15.9 Å². The lowest BCUT2D eigenvalue weighted by Crippen LogP contribution is -2.28. The number of alkyl halides is 2. The van der Waals surface area contributed by atoms with E-state index in [1.54, 1.807) is 30.3 Å². The molecule has 0 fully saturated rings. The highest BCUT2D eigenvalue weighted by Crippen LogP contribution is 2.27. The molecule has 0 spiro atoms. The smallest absolute Gasteiger partial charge is 0.314 e. The molecule has 0 amide bonds. The van der Waals surface area contributed by atoms with E-state index in [0.717, 1.165) is 10.7 Å². The minimum absolute atomic E-state index is 0.0978. The summed E-state index contributed by atoms with van der Waals surface area (Å²) in [6.07, 6.45) is -0.456. The van der Waals surface area contributed by atoms with Crippen LogP contribution in [0.3, 0.4) is 0 Å². The van der Waals surface area contributed by atoms with Crippen LogP contribution in [0.2, 0.25) is 0 Å². The molecule has 1 N–H and O–H groups in total. The SMILES string of the molecule is CS(=O)(=O)NC(c1cccc(Br)c1)c1ccc(-c2nnc(C(F)F)o2)cn1. The molecule has 2 heterocycles. The van der Waals surface area contributed by atoms with Gasteiger partial charge in [-0.15, -0.1) is 10.2 Å². The number of benzene rings is 1. The Morgan fingerprint density at radius 1 is 1.19 bits per heavy atom. The van der Waals surface area contributed by atoms with Crippen LogP contribution in [0, 0.1) is 0 Å². The molecule has 1 unspecified atom stereocenters. The van der Waals surface area contributed by atoms with Crippen molar-refractivity contribution < 1.29 is 21.6 Å². The third kappa shape index (κ3) is 4.93. The lowest BCUT2D eigenvalue weighted by atomic mass is 10.0. The van der Waals surface area contributed by atoms with Crippen molar-refractivity contribution in [1.82, 2.24) is 19.9 Å². The zero-order valence-corrected chi connectivity index (χ0v) is 16.2. The zero-order chi connectivity index (χ0) is 19.6. The van der Waals surface area contributed by atoms with E-state index in [4.69, 9.17) is 4.42 Å². The number of hydrogen-bond acceptors (Lipinski definition) is 6. The lowest BCUT2D eigenvalue weighted by Gasteiger charge is -2.18.